The predicted octanol–water partition coefficient (Wildman–Crippen LogP) is 4.52. The van der Waals surface area contributed by atoms with E-state index in [0.29, 0.717) is 0 Å². The number of anilines is 1. The van der Waals surface area contributed by atoms with Gasteiger partial charge in [-0.05, 0) is 39.3 Å². The Labute approximate surface area is 131 Å². The summed E-state index contributed by atoms with van der Waals surface area (Å²) in [6.07, 6.45) is 1.09. The molecule has 112 valence electrons. The standard InChI is InChI=1S/C17H23N3S/c1-5-10-18-17-13(3)14(4)19-16(20-17)11-21-15-8-6-12(2)7-9-15/h6-9H,5,10-11H2,1-4H3,(H,18,19,20). The number of hydrogen-bond acceptors (Lipinski definition) is 4. The largest absolute Gasteiger partial charge is 0.370 e. The normalized spacial score (nSPS) is 10.7. The van der Waals surface area contributed by atoms with E-state index in [1.54, 1.807) is 11.8 Å². The van der Waals surface area contributed by atoms with E-state index >= 15 is 0 Å². The zero-order valence-corrected chi connectivity index (χ0v) is 14.0. The zero-order chi connectivity index (χ0) is 15.2. The SMILES string of the molecule is CCCNc1nc(CSc2ccc(C)cc2)nc(C)c1C. The number of benzene rings is 1. The Kier molecular flexibility index (Phi) is 5.62. The van der Waals surface area contributed by atoms with Gasteiger partial charge in [-0.2, -0.15) is 0 Å². The monoisotopic (exact) mass is 301 g/mol. The first kappa shape index (κ1) is 15.8. The summed E-state index contributed by atoms with van der Waals surface area (Å²) in [5.41, 5.74) is 3.49. The lowest BCUT2D eigenvalue weighted by molar-refractivity contribution is 0.928. The second kappa shape index (κ2) is 7.46. The van der Waals surface area contributed by atoms with E-state index in [4.69, 9.17) is 0 Å². The molecule has 1 heterocycles. The summed E-state index contributed by atoms with van der Waals surface area (Å²) >= 11 is 1.78. The highest BCUT2D eigenvalue weighted by molar-refractivity contribution is 7.98. The molecule has 1 aromatic carbocycles. The van der Waals surface area contributed by atoms with Crippen LogP contribution in [0.4, 0.5) is 5.82 Å². The van der Waals surface area contributed by atoms with Gasteiger partial charge in [0.2, 0.25) is 0 Å². The van der Waals surface area contributed by atoms with Crippen molar-refractivity contribution in [2.75, 3.05) is 11.9 Å². The van der Waals surface area contributed by atoms with Gasteiger partial charge in [0.05, 0.1) is 5.75 Å². The van der Waals surface area contributed by atoms with Gasteiger partial charge in [-0.25, -0.2) is 9.97 Å². The third-order valence-corrected chi connectivity index (χ3v) is 4.37. The van der Waals surface area contributed by atoms with Crippen LogP contribution in [0.25, 0.3) is 0 Å². The lowest BCUT2D eigenvalue weighted by Gasteiger charge is -2.11. The first-order valence-corrected chi connectivity index (χ1v) is 8.36. The van der Waals surface area contributed by atoms with Crippen molar-refractivity contribution < 1.29 is 0 Å². The molecule has 0 saturated heterocycles. The van der Waals surface area contributed by atoms with Crippen molar-refractivity contribution >= 4 is 17.6 Å². The molecule has 0 saturated carbocycles. The van der Waals surface area contributed by atoms with Crippen LogP contribution >= 0.6 is 11.8 Å². The van der Waals surface area contributed by atoms with Crippen LogP contribution in [0, 0.1) is 20.8 Å². The van der Waals surface area contributed by atoms with Gasteiger partial charge in [0.25, 0.3) is 0 Å². The summed E-state index contributed by atoms with van der Waals surface area (Å²) in [6, 6.07) is 8.57. The van der Waals surface area contributed by atoms with Gasteiger partial charge < -0.3 is 5.32 Å². The molecule has 0 atom stereocenters. The van der Waals surface area contributed by atoms with Crippen molar-refractivity contribution in [3.8, 4) is 0 Å². The highest BCUT2D eigenvalue weighted by atomic mass is 32.2. The lowest BCUT2D eigenvalue weighted by atomic mass is 10.2. The number of rotatable bonds is 6. The number of hydrogen-bond donors (Lipinski definition) is 1. The maximum atomic E-state index is 4.66. The van der Waals surface area contributed by atoms with E-state index in [2.05, 4.69) is 60.3 Å². The molecule has 0 fully saturated rings. The van der Waals surface area contributed by atoms with Gasteiger partial charge in [0.1, 0.15) is 11.6 Å². The first-order valence-electron chi connectivity index (χ1n) is 7.37. The van der Waals surface area contributed by atoms with Crippen LogP contribution < -0.4 is 5.32 Å². The molecule has 0 amide bonds. The Bertz CT molecular complexity index is 594. The molecule has 0 spiro atoms. The Balaban J connectivity index is 2.08. The fourth-order valence-electron chi connectivity index (χ4n) is 1.95. The van der Waals surface area contributed by atoms with Crippen LogP contribution in [-0.4, -0.2) is 16.5 Å². The van der Waals surface area contributed by atoms with Crippen molar-refractivity contribution in [1.82, 2.24) is 9.97 Å². The molecule has 2 rings (SSSR count). The third-order valence-electron chi connectivity index (χ3n) is 3.37. The second-order valence-corrected chi connectivity index (χ2v) is 6.28. The molecule has 1 N–H and O–H groups in total. The number of nitrogens with zero attached hydrogens (tertiary/aromatic N) is 2. The molecule has 0 radical (unpaired) electrons. The molecule has 0 aliphatic rings. The van der Waals surface area contributed by atoms with Crippen LogP contribution in [0.3, 0.4) is 0 Å². The Morgan fingerprint density at radius 3 is 2.43 bits per heavy atom. The van der Waals surface area contributed by atoms with Crippen molar-refractivity contribution in [3.63, 3.8) is 0 Å². The number of aryl methyl sites for hydroxylation is 2. The summed E-state index contributed by atoms with van der Waals surface area (Å²) in [4.78, 5) is 10.5. The molecule has 21 heavy (non-hydrogen) atoms. The summed E-state index contributed by atoms with van der Waals surface area (Å²) in [5.74, 6) is 2.66. The average Bonchev–Trinajstić information content (AvgIpc) is 2.48. The molecular weight excluding hydrogens is 278 g/mol. The van der Waals surface area contributed by atoms with Crippen LogP contribution in [-0.2, 0) is 5.75 Å². The van der Waals surface area contributed by atoms with Crippen molar-refractivity contribution in [2.24, 2.45) is 0 Å². The maximum Gasteiger partial charge on any atom is 0.141 e. The molecule has 2 aromatic rings. The predicted molar refractivity (Wildman–Crippen MR) is 91.0 cm³/mol. The summed E-state index contributed by atoms with van der Waals surface area (Å²) < 4.78 is 0. The van der Waals surface area contributed by atoms with Gasteiger partial charge in [0, 0.05) is 22.7 Å². The number of aromatic nitrogens is 2. The van der Waals surface area contributed by atoms with E-state index in [0.717, 1.165) is 41.6 Å². The minimum Gasteiger partial charge on any atom is -0.370 e. The first-order chi connectivity index (χ1) is 10.1. The minimum absolute atomic E-state index is 0.797. The van der Waals surface area contributed by atoms with Gasteiger partial charge in [-0.3, -0.25) is 0 Å². The fraction of sp³-hybridized carbons (Fsp3) is 0.412. The Hall–Kier alpha value is -1.55. The highest BCUT2D eigenvalue weighted by Gasteiger charge is 2.08. The van der Waals surface area contributed by atoms with Crippen LogP contribution in [0.5, 0.6) is 0 Å². The highest BCUT2D eigenvalue weighted by Crippen LogP contribution is 2.23. The molecule has 3 nitrogen and oxygen atoms in total. The van der Waals surface area contributed by atoms with Crippen LogP contribution in [0.1, 0.15) is 36.0 Å². The zero-order valence-electron chi connectivity index (χ0n) is 13.2. The smallest absolute Gasteiger partial charge is 0.141 e. The molecule has 0 aliphatic carbocycles. The van der Waals surface area contributed by atoms with Crippen molar-refractivity contribution in [3.05, 3.63) is 46.9 Å². The van der Waals surface area contributed by atoms with E-state index in [-0.39, 0.29) is 0 Å². The maximum absolute atomic E-state index is 4.66. The minimum atomic E-state index is 0.797. The second-order valence-electron chi connectivity index (χ2n) is 5.23. The topological polar surface area (TPSA) is 37.8 Å². The van der Waals surface area contributed by atoms with Crippen LogP contribution in [0.15, 0.2) is 29.2 Å². The molecule has 4 heteroatoms. The third kappa shape index (κ3) is 4.46. The van der Waals surface area contributed by atoms with Gasteiger partial charge in [-0.1, -0.05) is 24.6 Å². The van der Waals surface area contributed by atoms with Crippen LogP contribution in [0.2, 0.25) is 0 Å². The van der Waals surface area contributed by atoms with Gasteiger partial charge >= 0.3 is 0 Å². The summed E-state index contributed by atoms with van der Waals surface area (Å²) in [7, 11) is 0. The summed E-state index contributed by atoms with van der Waals surface area (Å²) in [6.45, 7) is 9.33. The van der Waals surface area contributed by atoms with Gasteiger partial charge in [-0.15, -0.1) is 11.8 Å². The van der Waals surface area contributed by atoms with E-state index in [1.165, 1.54) is 10.5 Å². The number of thioether (sulfide) groups is 1. The molecule has 0 aliphatic heterocycles. The molecule has 0 unspecified atom stereocenters. The quantitative estimate of drug-likeness (QED) is 0.796. The molecule has 0 bridgehead atoms. The fourth-order valence-corrected chi connectivity index (χ4v) is 2.70. The Morgan fingerprint density at radius 2 is 1.76 bits per heavy atom. The van der Waals surface area contributed by atoms with E-state index < -0.39 is 0 Å². The van der Waals surface area contributed by atoms with E-state index in [1.807, 2.05) is 6.92 Å². The van der Waals surface area contributed by atoms with E-state index in [9.17, 15) is 0 Å². The lowest BCUT2D eigenvalue weighted by Crippen LogP contribution is -2.08. The average molecular weight is 301 g/mol. The van der Waals surface area contributed by atoms with Crippen molar-refractivity contribution in [1.29, 1.82) is 0 Å². The molecular formula is C17H23N3S. The summed E-state index contributed by atoms with van der Waals surface area (Å²) in [5, 5.41) is 3.39. The number of nitrogens with one attached hydrogen (secondary N) is 1. The molecule has 1 aromatic heterocycles. The van der Waals surface area contributed by atoms with Gasteiger partial charge in [0.15, 0.2) is 0 Å². The van der Waals surface area contributed by atoms with Crippen molar-refractivity contribution in [2.45, 2.75) is 44.8 Å². The Morgan fingerprint density at radius 1 is 1.05 bits per heavy atom.